The van der Waals surface area contributed by atoms with Gasteiger partial charge in [0.25, 0.3) is 0 Å². The van der Waals surface area contributed by atoms with Crippen molar-refractivity contribution in [3.8, 4) is 0 Å². The molecule has 1 saturated carbocycles. The molecule has 1 aliphatic heterocycles. The lowest BCUT2D eigenvalue weighted by atomic mass is 10.0. The average Bonchev–Trinajstić information content (AvgIpc) is 3.14. The highest BCUT2D eigenvalue weighted by molar-refractivity contribution is 7.89. The van der Waals surface area contributed by atoms with Crippen LogP contribution in [-0.4, -0.2) is 48.2 Å². The van der Waals surface area contributed by atoms with E-state index in [1.165, 1.54) is 19.0 Å². The van der Waals surface area contributed by atoms with Gasteiger partial charge in [-0.2, -0.15) is 9.40 Å². The number of nitrogens with zero attached hydrogens (tertiary/aromatic N) is 3. The number of piperidine rings is 1. The number of hydrogen-bond donors (Lipinski definition) is 1. The Kier molecular flexibility index (Phi) is 4.33. The standard InChI is InChI=1S/C14H24N4O2S/c1-12-3-2-7-18(10-12)21(19,20)14-9-16-17(11-14)8-6-15-13-4-5-13/h9,11-13,15H,2-8,10H2,1H3. The fourth-order valence-corrected chi connectivity index (χ4v) is 4.34. The molecule has 2 fully saturated rings. The Balaban J connectivity index is 1.62. The lowest BCUT2D eigenvalue weighted by Crippen LogP contribution is -2.38. The van der Waals surface area contributed by atoms with Gasteiger partial charge in [-0.3, -0.25) is 4.68 Å². The molecule has 1 unspecified atom stereocenters. The van der Waals surface area contributed by atoms with E-state index in [0.29, 0.717) is 36.5 Å². The summed E-state index contributed by atoms with van der Waals surface area (Å²) >= 11 is 0. The molecule has 7 heteroatoms. The summed E-state index contributed by atoms with van der Waals surface area (Å²) in [6.45, 7) is 4.90. The lowest BCUT2D eigenvalue weighted by Gasteiger charge is -2.29. The predicted octanol–water partition coefficient (Wildman–Crippen LogP) is 1.06. The second kappa shape index (κ2) is 6.06. The summed E-state index contributed by atoms with van der Waals surface area (Å²) in [5.74, 6) is 0.436. The van der Waals surface area contributed by atoms with Crippen LogP contribution in [0.5, 0.6) is 0 Å². The van der Waals surface area contributed by atoms with Crippen molar-refractivity contribution in [2.75, 3.05) is 19.6 Å². The van der Waals surface area contributed by atoms with Crippen LogP contribution < -0.4 is 5.32 Å². The van der Waals surface area contributed by atoms with Crippen LogP contribution in [0, 0.1) is 5.92 Å². The number of aromatic nitrogens is 2. The molecule has 21 heavy (non-hydrogen) atoms. The van der Waals surface area contributed by atoms with Crippen LogP contribution in [0.1, 0.15) is 32.6 Å². The zero-order valence-electron chi connectivity index (χ0n) is 12.5. The molecule has 1 aromatic heterocycles. The summed E-state index contributed by atoms with van der Waals surface area (Å²) in [5.41, 5.74) is 0. The third kappa shape index (κ3) is 3.64. The smallest absolute Gasteiger partial charge is 0.246 e. The maximum Gasteiger partial charge on any atom is 0.246 e. The Hall–Kier alpha value is -0.920. The van der Waals surface area contributed by atoms with Gasteiger partial charge in [-0.1, -0.05) is 6.92 Å². The van der Waals surface area contributed by atoms with Gasteiger partial charge in [-0.15, -0.1) is 0 Å². The van der Waals surface area contributed by atoms with E-state index in [4.69, 9.17) is 0 Å². The molecular weight excluding hydrogens is 288 g/mol. The first kappa shape index (κ1) is 15.0. The first-order chi connectivity index (χ1) is 10.1. The number of rotatable bonds is 6. The average molecular weight is 312 g/mol. The summed E-state index contributed by atoms with van der Waals surface area (Å²) in [6, 6.07) is 0.665. The maximum atomic E-state index is 12.6. The monoisotopic (exact) mass is 312 g/mol. The van der Waals surface area contributed by atoms with Crippen molar-refractivity contribution in [1.82, 2.24) is 19.4 Å². The maximum absolute atomic E-state index is 12.6. The fraction of sp³-hybridized carbons (Fsp3) is 0.786. The molecule has 1 saturated heterocycles. The van der Waals surface area contributed by atoms with E-state index in [9.17, 15) is 8.42 Å². The molecule has 0 bridgehead atoms. The van der Waals surface area contributed by atoms with Crippen molar-refractivity contribution in [3.05, 3.63) is 12.4 Å². The van der Waals surface area contributed by atoms with Crippen molar-refractivity contribution in [2.45, 2.75) is 50.1 Å². The molecule has 2 heterocycles. The van der Waals surface area contributed by atoms with Crippen LogP contribution in [0.2, 0.25) is 0 Å². The zero-order valence-corrected chi connectivity index (χ0v) is 13.3. The van der Waals surface area contributed by atoms with Gasteiger partial charge in [-0.25, -0.2) is 8.42 Å². The van der Waals surface area contributed by atoms with Gasteiger partial charge in [0.15, 0.2) is 0 Å². The summed E-state index contributed by atoms with van der Waals surface area (Å²) in [6.07, 6.45) is 7.70. The second-order valence-corrected chi connectivity index (χ2v) is 8.22. The molecule has 118 valence electrons. The first-order valence-corrected chi connectivity index (χ1v) is 9.26. The predicted molar refractivity (Wildman–Crippen MR) is 80.4 cm³/mol. The van der Waals surface area contributed by atoms with E-state index in [2.05, 4.69) is 17.3 Å². The van der Waals surface area contributed by atoms with Gasteiger partial charge in [0.2, 0.25) is 10.0 Å². The van der Waals surface area contributed by atoms with Crippen LogP contribution in [0.4, 0.5) is 0 Å². The zero-order chi connectivity index (χ0) is 14.9. The van der Waals surface area contributed by atoms with E-state index < -0.39 is 10.0 Å². The quantitative estimate of drug-likeness (QED) is 0.853. The highest BCUT2D eigenvalue weighted by Gasteiger charge is 2.29. The van der Waals surface area contributed by atoms with E-state index in [0.717, 1.165) is 19.4 Å². The highest BCUT2D eigenvalue weighted by Crippen LogP contribution is 2.23. The van der Waals surface area contributed by atoms with E-state index >= 15 is 0 Å². The van der Waals surface area contributed by atoms with Crippen molar-refractivity contribution in [3.63, 3.8) is 0 Å². The number of nitrogens with one attached hydrogen (secondary N) is 1. The Bertz CT molecular complexity index is 580. The molecule has 1 atom stereocenters. The normalized spacial score (nSPS) is 24.3. The molecule has 1 N–H and O–H groups in total. The molecule has 1 aliphatic carbocycles. The molecule has 1 aromatic rings. The Morgan fingerprint density at radius 3 is 2.90 bits per heavy atom. The highest BCUT2D eigenvalue weighted by atomic mass is 32.2. The Morgan fingerprint density at radius 2 is 2.19 bits per heavy atom. The summed E-state index contributed by atoms with van der Waals surface area (Å²) in [4.78, 5) is 0.322. The number of hydrogen-bond acceptors (Lipinski definition) is 4. The molecule has 6 nitrogen and oxygen atoms in total. The van der Waals surface area contributed by atoms with Crippen LogP contribution in [-0.2, 0) is 16.6 Å². The third-order valence-electron chi connectivity index (χ3n) is 4.22. The van der Waals surface area contributed by atoms with E-state index in [-0.39, 0.29) is 0 Å². The third-order valence-corrected chi connectivity index (χ3v) is 6.04. The minimum Gasteiger partial charge on any atom is -0.312 e. The van der Waals surface area contributed by atoms with Crippen molar-refractivity contribution in [1.29, 1.82) is 0 Å². The van der Waals surface area contributed by atoms with Gasteiger partial charge < -0.3 is 5.32 Å². The molecule has 0 radical (unpaired) electrons. The molecular formula is C14H24N4O2S. The minimum atomic E-state index is -3.37. The first-order valence-electron chi connectivity index (χ1n) is 7.82. The van der Waals surface area contributed by atoms with Gasteiger partial charge in [-0.05, 0) is 31.6 Å². The van der Waals surface area contributed by atoms with Crippen LogP contribution in [0.3, 0.4) is 0 Å². The molecule has 0 amide bonds. The molecule has 0 spiro atoms. The van der Waals surface area contributed by atoms with Crippen molar-refractivity contribution < 1.29 is 8.42 Å². The SMILES string of the molecule is CC1CCCN(S(=O)(=O)c2cnn(CCNC3CC3)c2)C1. The topological polar surface area (TPSA) is 67.2 Å². The van der Waals surface area contributed by atoms with Crippen LogP contribution >= 0.6 is 0 Å². The van der Waals surface area contributed by atoms with Gasteiger partial charge in [0.1, 0.15) is 4.90 Å². The van der Waals surface area contributed by atoms with Gasteiger partial charge >= 0.3 is 0 Å². The lowest BCUT2D eigenvalue weighted by molar-refractivity contribution is 0.281. The largest absolute Gasteiger partial charge is 0.312 e. The van der Waals surface area contributed by atoms with Gasteiger partial charge in [0, 0.05) is 31.9 Å². The van der Waals surface area contributed by atoms with Gasteiger partial charge in [0.05, 0.1) is 12.7 Å². The summed E-state index contributed by atoms with van der Waals surface area (Å²) in [5, 5.41) is 7.59. The van der Waals surface area contributed by atoms with E-state index in [1.807, 2.05) is 0 Å². The summed E-state index contributed by atoms with van der Waals surface area (Å²) < 4.78 is 28.5. The van der Waals surface area contributed by atoms with Crippen LogP contribution in [0.25, 0.3) is 0 Å². The molecule has 2 aliphatic rings. The van der Waals surface area contributed by atoms with Crippen molar-refractivity contribution >= 4 is 10.0 Å². The summed E-state index contributed by atoms with van der Waals surface area (Å²) in [7, 11) is -3.37. The second-order valence-electron chi connectivity index (χ2n) is 6.28. The van der Waals surface area contributed by atoms with E-state index in [1.54, 1.807) is 15.2 Å². The minimum absolute atomic E-state index is 0.322. The fourth-order valence-electron chi connectivity index (χ4n) is 2.78. The number of sulfonamides is 1. The van der Waals surface area contributed by atoms with Crippen LogP contribution in [0.15, 0.2) is 17.3 Å². The Morgan fingerprint density at radius 1 is 1.38 bits per heavy atom. The molecule has 0 aromatic carbocycles. The molecule has 3 rings (SSSR count). The van der Waals surface area contributed by atoms with Crippen molar-refractivity contribution in [2.24, 2.45) is 5.92 Å². The Labute approximate surface area is 126 Å².